The minimum atomic E-state index is -0.0414. The molecule has 0 aromatic carbocycles. The normalized spacial score (nSPS) is 26.3. The summed E-state index contributed by atoms with van der Waals surface area (Å²) in [4.78, 5) is 8.56. The Labute approximate surface area is 121 Å². The van der Waals surface area contributed by atoms with Crippen LogP contribution in [0.2, 0.25) is 0 Å². The summed E-state index contributed by atoms with van der Waals surface area (Å²) in [5, 5.41) is 3.59. The largest absolute Gasteiger partial charge is 0.478 e. The van der Waals surface area contributed by atoms with Crippen molar-refractivity contribution < 1.29 is 4.74 Å². The molecule has 0 aliphatic heterocycles. The number of anilines is 1. The van der Waals surface area contributed by atoms with Crippen molar-refractivity contribution >= 4 is 5.82 Å². The van der Waals surface area contributed by atoms with Crippen LogP contribution in [0.4, 0.5) is 5.82 Å². The third-order valence-electron chi connectivity index (χ3n) is 4.18. The highest BCUT2D eigenvalue weighted by molar-refractivity contribution is 5.49. The fourth-order valence-corrected chi connectivity index (χ4v) is 3.10. The highest BCUT2D eigenvalue weighted by Crippen LogP contribution is 2.35. The van der Waals surface area contributed by atoms with Crippen molar-refractivity contribution in [3.63, 3.8) is 0 Å². The molecule has 20 heavy (non-hydrogen) atoms. The van der Waals surface area contributed by atoms with E-state index in [-0.39, 0.29) is 5.54 Å². The van der Waals surface area contributed by atoms with Gasteiger partial charge in [-0.25, -0.2) is 9.97 Å². The highest BCUT2D eigenvalue weighted by atomic mass is 16.5. The van der Waals surface area contributed by atoms with E-state index in [1.54, 1.807) is 6.33 Å². The van der Waals surface area contributed by atoms with E-state index in [9.17, 15) is 0 Å². The molecule has 1 fully saturated rings. The first-order valence-corrected chi connectivity index (χ1v) is 7.53. The second-order valence-electron chi connectivity index (χ2n) is 5.90. The number of ether oxygens (including phenoxy) is 1. The standard InChI is InChI=1S/C15H26N4O/c1-4-20-14-12(3)13(17-10-18-14)19-15(9-16)7-5-6-11(2)8-15/h10-11H,4-9,16H2,1-3H3,(H,17,18,19). The molecule has 5 heteroatoms. The molecule has 1 heterocycles. The molecule has 0 bridgehead atoms. The molecule has 0 radical (unpaired) electrons. The Morgan fingerprint density at radius 3 is 2.95 bits per heavy atom. The van der Waals surface area contributed by atoms with Crippen molar-refractivity contribution in [3.8, 4) is 5.88 Å². The Morgan fingerprint density at radius 2 is 2.30 bits per heavy atom. The summed E-state index contributed by atoms with van der Waals surface area (Å²) in [6.07, 6.45) is 6.25. The molecule has 3 N–H and O–H groups in total. The van der Waals surface area contributed by atoms with Gasteiger partial charge in [0.15, 0.2) is 0 Å². The van der Waals surface area contributed by atoms with Gasteiger partial charge >= 0.3 is 0 Å². The topological polar surface area (TPSA) is 73.1 Å². The maximum absolute atomic E-state index is 6.06. The maximum atomic E-state index is 6.06. The molecule has 0 saturated heterocycles. The molecule has 1 aromatic rings. The van der Waals surface area contributed by atoms with E-state index in [4.69, 9.17) is 10.5 Å². The first-order chi connectivity index (χ1) is 9.60. The van der Waals surface area contributed by atoms with Crippen molar-refractivity contribution in [1.29, 1.82) is 0 Å². The number of rotatable bonds is 5. The Balaban J connectivity index is 2.21. The van der Waals surface area contributed by atoms with Gasteiger partial charge in [-0.3, -0.25) is 0 Å². The number of nitrogens with one attached hydrogen (secondary N) is 1. The minimum Gasteiger partial charge on any atom is -0.478 e. The molecule has 2 unspecified atom stereocenters. The number of nitrogens with two attached hydrogens (primary N) is 1. The van der Waals surface area contributed by atoms with Crippen LogP contribution in [-0.2, 0) is 0 Å². The zero-order valence-corrected chi connectivity index (χ0v) is 12.8. The summed E-state index contributed by atoms with van der Waals surface area (Å²) in [7, 11) is 0. The van der Waals surface area contributed by atoms with Crippen molar-refractivity contribution in [2.24, 2.45) is 11.7 Å². The third kappa shape index (κ3) is 3.20. The summed E-state index contributed by atoms with van der Waals surface area (Å²) in [6, 6.07) is 0. The predicted molar refractivity (Wildman–Crippen MR) is 81.0 cm³/mol. The van der Waals surface area contributed by atoms with Gasteiger partial charge in [0.2, 0.25) is 5.88 Å². The number of aromatic nitrogens is 2. The molecule has 1 aromatic heterocycles. The summed E-state index contributed by atoms with van der Waals surface area (Å²) in [5.41, 5.74) is 6.98. The van der Waals surface area contributed by atoms with Gasteiger partial charge in [0.05, 0.1) is 17.7 Å². The SMILES string of the molecule is CCOc1ncnc(NC2(CN)CCCC(C)C2)c1C. The Bertz CT molecular complexity index is 451. The average Bonchev–Trinajstić information content (AvgIpc) is 2.43. The molecule has 1 aliphatic rings. The molecule has 1 aliphatic carbocycles. The molecule has 5 nitrogen and oxygen atoms in total. The summed E-state index contributed by atoms with van der Waals surface area (Å²) >= 11 is 0. The lowest BCUT2D eigenvalue weighted by Gasteiger charge is -2.40. The Morgan fingerprint density at radius 1 is 1.50 bits per heavy atom. The van der Waals surface area contributed by atoms with Crippen LogP contribution < -0.4 is 15.8 Å². The highest BCUT2D eigenvalue weighted by Gasteiger charge is 2.34. The van der Waals surface area contributed by atoms with E-state index < -0.39 is 0 Å². The second-order valence-corrected chi connectivity index (χ2v) is 5.90. The van der Waals surface area contributed by atoms with E-state index in [2.05, 4.69) is 22.2 Å². The monoisotopic (exact) mass is 278 g/mol. The fraction of sp³-hybridized carbons (Fsp3) is 0.733. The minimum absolute atomic E-state index is 0.0414. The van der Waals surface area contributed by atoms with Crippen LogP contribution in [0.25, 0.3) is 0 Å². The van der Waals surface area contributed by atoms with Crippen LogP contribution in [-0.4, -0.2) is 28.7 Å². The summed E-state index contributed by atoms with van der Waals surface area (Å²) < 4.78 is 5.53. The Kier molecular flexibility index (Phi) is 4.81. The molecule has 1 saturated carbocycles. The molecular weight excluding hydrogens is 252 g/mol. The number of hydrogen-bond donors (Lipinski definition) is 2. The van der Waals surface area contributed by atoms with E-state index >= 15 is 0 Å². The zero-order chi connectivity index (χ0) is 14.6. The van der Waals surface area contributed by atoms with Gasteiger partial charge in [-0.05, 0) is 32.6 Å². The molecule has 0 spiro atoms. The number of nitrogens with zero attached hydrogens (tertiary/aromatic N) is 2. The predicted octanol–water partition coefficient (Wildman–Crippen LogP) is 2.50. The van der Waals surface area contributed by atoms with E-state index in [0.29, 0.717) is 24.9 Å². The average molecular weight is 278 g/mol. The smallest absolute Gasteiger partial charge is 0.221 e. The van der Waals surface area contributed by atoms with E-state index in [1.807, 2.05) is 13.8 Å². The van der Waals surface area contributed by atoms with Crippen LogP contribution in [0.5, 0.6) is 5.88 Å². The third-order valence-corrected chi connectivity index (χ3v) is 4.18. The van der Waals surface area contributed by atoms with Crippen LogP contribution in [0.15, 0.2) is 6.33 Å². The van der Waals surface area contributed by atoms with Crippen LogP contribution in [0.1, 0.15) is 45.1 Å². The lowest BCUT2D eigenvalue weighted by Crippen LogP contribution is -2.49. The van der Waals surface area contributed by atoms with Crippen LogP contribution in [0, 0.1) is 12.8 Å². The fourth-order valence-electron chi connectivity index (χ4n) is 3.10. The van der Waals surface area contributed by atoms with Gasteiger partial charge in [-0.15, -0.1) is 0 Å². The van der Waals surface area contributed by atoms with Crippen molar-refractivity contribution in [1.82, 2.24) is 9.97 Å². The molecule has 112 valence electrons. The molecular formula is C15H26N4O. The van der Waals surface area contributed by atoms with Crippen molar-refractivity contribution in [2.75, 3.05) is 18.5 Å². The van der Waals surface area contributed by atoms with Crippen LogP contribution in [0.3, 0.4) is 0 Å². The molecule has 0 amide bonds. The summed E-state index contributed by atoms with van der Waals surface area (Å²) in [6.45, 7) is 7.48. The van der Waals surface area contributed by atoms with Gasteiger partial charge in [-0.1, -0.05) is 19.8 Å². The van der Waals surface area contributed by atoms with Gasteiger partial charge in [0.25, 0.3) is 0 Å². The van der Waals surface area contributed by atoms with E-state index in [1.165, 1.54) is 12.8 Å². The lowest BCUT2D eigenvalue weighted by atomic mass is 9.76. The van der Waals surface area contributed by atoms with Gasteiger partial charge in [0, 0.05) is 6.54 Å². The van der Waals surface area contributed by atoms with Crippen molar-refractivity contribution in [3.05, 3.63) is 11.9 Å². The van der Waals surface area contributed by atoms with E-state index in [0.717, 1.165) is 24.2 Å². The van der Waals surface area contributed by atoms with Gasteiger partial charge < -0.3 is 15.8 Å². The summed E-state index contributed by atoms with van der Waals surface area (Å²) in [5.74, 6) is 2.21. The lowest BCUT2D eigenvalue weighted by molar-refractivity contribution is 0.263. The van der Waals surface area contributed by atoms with Gasteiger partial charge in [-0.2, -0.15) is 0 Å². The number of hydrogen-bond acceptors (Lipinski definition) is 5. The Hall–Kier alpha value is -1.36. The first-order valence-electron chi connectivity index (χ1n) is 7.53. The van der Waals surface area contributed by atoms with Crippen molar-refractivity contribution in [2.45, 2.75) is 52.0 Å². The molecule has 2 atom stereocenters. The molecule has 2 rings (SSSR count). The first kappa shape index (κ1) is 15.0. The van der Waals surface area contributed by atoms with Crippen LogP contribution >= 0.6 is 0 Å². The second kappa shape index (κ2) is 6.39. The van der Waals surface area contributed by atoms with Gasteiger partial charge in [0.1, 0.15) is 12.1 Å². The maximum Gasteiger partial charge on any atom is 0.221 e. The zero-order valence-electron chi connectivity index (χ0n) is 12.8. The quantitative estimate of drug-likeness (QED) is 0.865.